The Kier molecular flexibility index (Phi) is 5.29. The van der Waals surface area contributed by atoms with Crippen LogP contribution >= 0.6 is 11.3 Å². The van der Waals surface area contributed by atoms with Crippen molar-refractivity contribution >= 4 is 33.7 Å². The van der Waals surface area contributed by atoms with Crippen LogP contribution in [0.1, 0.15) is 40.6 Å². The number of thiazole rings is 1. The van der Waals surface area contributed by atoms with Crippen LogP contribution in [0.15, 0.2) is 24.7 Å². The Hall–Kier alpha value is -2.78. The number of carbonyl (C=O) groups excluding carboxylic acids is 2. The van der Waals surface area contributed by atoms with Crippen molar-refractivity contribution in [2.24, 2.45) is 5.73 Å². The summed E-state index contributed by atoms with van der Waals surface area (Å²) >= 11 is 1.53. The number of nitrogens with two attached hydrogens (primary N) is 1. The molecule has 0 spiro atoms. The summed E-state index contributed by atoms with van der Waals surface area (Å²) in [6.07, 6.45) is 6.61. The van der Waals surface area contributed by atoms with Gasteiger partial charge in [-0.1, -0.05) is 0 Å². The highest BCUT2D eigenvalue weighted by atomic mass is 32.1. The van der Waals surface area contributed by atoms with Gasteiger partial charge in [0.2, 0.25) is 5.91 Å². The van der Waals surface area contributed by atoms with E-state index in [1.807, 2.05) is 6.20 Å². The number of hydrogen-bond donors (Lipinski definition) is 2. The molecule has 9 heteroatoms. The van der Waals surface area contributed by atoms with E-state index in [-0.39, 0.29) is 14.3 Å². The maximum absolute atomic E-state index is 12.7. The molecular weight excluding hydrogens is 354 g/mol. The predicted molar refractivity (Wildman–Crippen MR) is 103 cm³/mol. The maximum atomic E-state index is 12.7. The molecule has 0 aliphatic carbocycles. The van der Waals surface area contributed by atoms with Crippen molar-refractivity contribution in [2.75, 3.05) is 19.0 Å². The number of carbonyl (C=O) groups is 2. The van der Waals surface area contributed by atoms with Gasteiger partial charge in [0.15, 0.2) is 0 Å². The Bertz CT molecular complexity index is 973. The van der Waals surface area contributed by atoms with Gasteiger partial charge in [-0.2, -0.15) is 5.10 Å². The van der Waals surface area contributed by atoms with Crippen LogP contribution in [0, 0.1) is 6.92 Å². The van der Waals surface area contributed by atoms with Gasteiger partial charge in [0.25, 0.3) is 5.91 Å². The molecule has 0 bridgehead atoms. The number of hydrogen-bond acceptors (Lipinski definition) is 6. The summed E-state index contributed by atoms with van der Waals surface area (Å²) in [5, 5.41) is 7.03. The number of nitrogens with zero attached hydrogens (tertiary/aromatic N) is 3. The lowest BCUT2D eigenvalue weighted by atomic mass is 10.2. The van der Waals surface area contributed by atoms with E-state index >= 15 is 0 Å². The van der Waals surface area contributed by atoms with Crippen molar-refractivity contribution in [3.63, 3.8) is 0 Å². The van der Waals surface area contributed by atoms with Gasteiger partial charge < -0.3 is 15.8 Å². The number of fused-ring (bicyclic) bond motifs is 1. The van der Waals surface area contributed by atoms with Crippen LogP contribution in [-0.2, 0) is 11.2 Å². The van der Waals surface area contributed by atoms with Gasteiger partial charge in [0.05, 0.1) is 28.7 Å². The first-order valence-electron chi connectivity index (χ1n) is 8.02. The largest absolute Gasteiger partial charge is 0.385 e. The monoisotopic (exact) mass is 377 g/mol. The fourth-order valence-corrected chi connectivity index (χ4v) is 3.57. The molecule has 3 rings (SSSR count). The number of amides is 2. The fraction of sp³-hybridized carbons (Fsp3) is 0.294. The molecule has 0 unspecified atom stereocenters. The normalized spacial score (nSPS) is 11.0. The molecule has 0 aliphatic heterocycles. The highest BCUT2D eigenvalue weighted by Crippen LogP contribution is 2.24. The minimum atomic E-state index is -0.597. The molecule has 0 fully saturated rings. The summed E-state index contributed by atoms with van der Waals surface area (Å²) in [6.45, 7) is 2.43. The van der Waals surface area contributed by atoms with E-state index in [0.717, 1.165) is 22.5 Å². The zero-order valence-electron chi connectivity index (χ0n) is 14.5. The number of ether oxygens (including phenoxy) is 1. The highest BCUT2D eigenvalue weighted by molar-refractivity contribution is 7.17. The van der Waals surface area contributed by atoms with Crippen molar-refractivity contribution in [1.82, 2.24) is 14.6 Å². The second kappa shape index (κ2) is 7.63. The SMILES string of the molecule is COCCCc1cn2ncc(C(=O)Nc3cc(C(N)=O)cnc3C)c2s1.[HH].[HH]. The zero-order chi connectivity index (χ0) is 18.7. The van der Waals surface area contributed by atoms with Crippen LogP contribution in [0.25, 0.3) is 4.83 Å². The third-order valence-corrected chi connectivity index (χ3v) is 5.05. The molecule has 8 nitrogen and oxygen atoms in total. The topological polar surface area (TPSA) is 112 Å². The molecule has 3 aromatic heterocycles. The zero-order valence-corrected chi connectivity index (χ0v) is 15.3. The van der Waals surface area contributed by atoms with Crippen molar-refractivity contribution in [3.05, 3.63) is 46.4 Å². The molecule has 2 amide bonds. The smallest absolute Gasteiger partial charge is 0.260 e. The molecule has 0 saturated carbocycles. The van der Waals surface area contributed by atoms with E-state index in [4.69, 9.17) is 10.5 Å². The lowest BCUT2D eigenvalue weighted by Crippen LogP contribution is -2.16. The second-order valence-electron chi connectivity index (χ2n) is 5.78. The number of rotatable bonds is 7. The van der Waals surface area contributed by atoms with E-state index in [0.29, 0.717) is 23.6 Å². The quantitative estimate of drug-likeness (QED) is 0.615. The third kappa shape index (κ3) is 3.73. The maximum Gasteiger partial charge on any atom is 0.260 e. The van der Waals surface area contributed by atoms with Crippen LogP contribution in [0.2, 0.25) is 0 Å². The highest BCUT2D eigenvalue weighted by Gasteiger charge is 2.17. The van der Waals surface area contributed by atoms with E-state index < -0.39 is 5.91 Å². The molecule has 0 aromatic carbocycles. The van der Waals surface area contributed by atoms with Crippen LogP contribution in [-0.4, -0.2) is 40.1 Å². The molecule has 3 N–H and O–H groups in total. The van der Waals surface area contributed by atoms with E-state index in [1.54, 1.807) is 18.5 Å². The minimum absolute atomic E-state index is 0. The van der Waals surface area contributed by atoms with E-state index in [2.05, 4.69) is 15.4 Å². The number of anilines is 1. The van der Waals surface area contributed by atoms with Crippen molar-refractivity contribution in [1.29, 1.82) is 0 Å². The van der Waals surface area contributed by atoms with Crippen molar-refractivity contribution in [3.8, 4) is 0 Å². The number of methoxy groups -OCH3 is 1. The van der Waals surface area contributed by atoms with Crippen LogP contribution in [0.3, 0.4) is 0 Å². The summed E-state index contributed by atoms with van der Waals surface area (Å²) < 4.78 is 6.77. The first kappa shape index (κ1) is 18.0. The minimum Gasteiger partial charge on any atom is -0.385 e. The molecule has 0 atom stereocenters. The third-order valence-electron chi connectivity index (χ3n) is 3.88. The van der Waals surface area contributed by atoms with Gasteiger partial charge in [-0.15, -0.1) is 11.3 Å². The van der Waals surface area contributed by atoms with Crippen molar-refractivity contribution < 1.29 is 17.2 Å². The van der Waals surface area contributed by atoms with Crippen molar-refractivity contribution in [2.45, 2.75) is 19.8 Å². The average Bonchev–Trinajstić information content (AvgIpc) is 3.16. The molecule has 0 aliphatic rings. The molecular formula is C17H23N5O3S. The number of aromatic nitrogens is 3. The molecule has 3 aromatic rings. The van der Waals surface area contributed by atoms with E-state index in [1.165, 1.54) is 29.8 Å². The first-order chi connectivity index (χ1) is 12.5. The molecule has 26 heavy (non-hydrogen) atoms. The molecule has 0 radical (unpaired) electrons. The van der Waals surface area contributed by atoms with Gasteiger partial charge >= 0.3 is 0 Å². The van der Waals surface area contributed by atoms with Gasteiger partial charge in [-0.25, -0.2) is 4.52 Å². The molecule has 0 saturated heterocycles. The van der Waals surface area contributed by atoms with Gasteiger partial charge in [0.1, 0.15) is 4.83 Å². The lowest BCUT2D eigenvalue weighted by molar-refractivity contribution is 0.0996. The molecule has 3 heterocycles. The van der Waals surface area contributed by atoms with Crippen LogP contribution < -0.4 is 11.1 Å². The summed E-state index contributed by atoms with van der Waals surface area (Å²) in [5.41, 5.74) is 7.02. The Morgan fingerprint density at radius 2 is 2.23 bits per heavy atom. The molecule has 140 valence electrons. The fourth-order valence-electron chi connectivity index (χ4n) is 2.48. The number of primary amides is 1. The summed E-state index contributed by atoms with van der Waals surface area (Å²) in [5.74, 6) is -0.906. The standard InChI is InChI=1S/C17H19N5O3S.2H2/c1-10-14(6-11(7-19-10)15(18)23)21-16(24)13-8-20-22-9-12(26-17(13)22)4-3-5-25-2;;/h6-9H,3-5H2,1-2H3,(H2,18,23)(H,21,24);2*1H. The summed E-state index contributed by atoms with van der Waals surface area (Å²) in [7, 11) is 1.67. The number of pyridine rings is 1. The predicted octanol–water partition coefficient (Wildman–Crippen LogP) is 2.52. The average molecular weight is 377 g/mol. The lowest BCUT2D eigenvalue weighted by Gasteiger charge is -2.08. The summed E-state index contributed by atoms with van der Waals surface area (Å²) in [6, 6.07) is 1.52. The Balaban J connectivity index is 0.00000196. The Morgan fingerprint density at radius 1 is 1.42 bits per heavy atom. The van der Waals surface area contributed by atoms with E-state index in [9.17, 15) is 9.59 Å². The summed E-state index contributed by atoms with van der Waals surface area (Å²) in [4.78, 5) is 30.0. The van der Waals surface area contributed by atoms with Gasteiger partial charge in [0, 0.05) is 33.8 Å². The number of aryl methyl sites for hydroxylation is 2. The van der Waals surface area contributed by atoms with Gasteiger partial charge in [-0.05, 0) is 25.8 Å². The number of nitrogens with one attached hydrogen (secondary N) is 1. The Labute approximate surface area is 157 Å². The second-order valence-corrected chi connectivity index (χ2v) is 6.89. The van der Waals surface area contributed by atoms with Crippen LogP contribution in [0.5, 0.6) is 0 Å². The first-order valence-corrected chi connectivity index (χ1v) is 8.84. The van der Waals surface area contributed by atoms with Crippen LogP contribution in [0.4, 0.5) is 5.69 Å². The Morgan fingerprint density at radius 3 is 2.96 bits per heavy atom. The van der Waals surface area contributed by atoms with Gasteiger partial charge in [-0.3, -0.25) is 14.6 Å².